The molecule has 0 saturated heterocycles. The number of nitrogens with zero attached hydrogens (tertiary/aromatic N) is 3. The first kappa shape index (κ1) is 68.0. The molecular formula is C62H93N3O15. The summed E-state index contributed by atoms with van der Waals surface area (Å²) in [5.41, 5.74) is 3.32. The van der Waals surface area contributed by atoms with E-state index in [1.165, 1.54) is 7.11 Å². The van der Waals surface area contributed by atoms with Crippen molar-refractivity contribution in [2.75, 3.05) is 115 Å². The van der Waals surface area contributed by atoms with Crippen LogP contribution in [0.4, 0.5) is 17.1 Å². The topological polar surface area (TPSA) is 195 Å². The van der Waals surface area contributed by atoms with E-state index in [4.69, 9.17) is 42.6 Å². The molecule has 0 heterocycles. The van der Waals surface area contributed by atoms with Gasteiger partial charge in [-0.25, -0.2) is 0 Å². The van der Waals surface area contributed by atoms with Crippen LogP contribution in [0.3, 0.4) is 0 Å². The zero-order chi connectivity index (χ0) is 58.5. The van der Waals surface area contributed by atoms with E-state index < -0.39 is 23.8 Å². The average molecular weight is 1120 g/mol. The molecule has 2 atom stereocenters. The molecule has 2 aliphatic rings. The van der Waals surface area contributed by atoms with Crippen LogP contribution in [0.25, 0.3) is 0 Å². The number of rotatable bonds is 31. The monoisotopic (exact) mass is 1120 g/mol. The molecule has 80 heavy (non-hydrogen) atoms. The van der Waals surface area contributed by atoms with E-state index in [0.29, 0.717) is 109 Å². The minimum Gasteiger partial charge on any atom is -0.464 e. The minimum absolute atomic E-state index is 0.0229. The van der Waals surface area contributed by atoms with Gasteiger partial charge in [-0.1, -0.05) is 67.4 Å². The second-order valence-electron chi connectivity index (χ2n) is 20.5. The Labute approximate surface area is 476 Å². The molecule has 2 fully saturated rings. The number of ether oxygens (including phenoxy) is 9. The van der Waals surface area contributed by atoms with E-state index in [1.54, 1.807) is 14.2 Å². The van der Waals surface area contributed by atoms with Gasteiger partial charge in [-0.15, -0.1) is 0 Å². The molecule has 0 aromatic heterocycles. The molecule has 0 spiro atoms. The fraction of sp³-hybridized carbons (Fsp3) is 0.613. The first-order chi connectivity index (χ1) is 38.6. The lowest BCUT2D eigenvalue weighted by atomic mass is 9.79. The van der Waals surface area contributed by atoms with Crippen LogP contribution in [0.5, 0.6) is 0 Å². The number of hydrogen-bond donors (Lipinski definition) is 0. The van der Waals surface area contributed by atoms with Crippen LogP contribution in [0.1, 0.15) is 106 Å². The van der Waals surface area contributed by atoms with Crippen molar-refractivity contribution in [3.05, 3.63) is 91.0 Å². The highest BCUT2D eigenvalue weighted by molar-refractivity contribution is 5.82. The van der Waals surface area contributed by atoms with E-state index in [-0.39, 0.29) is 75.0 Å². The Balaban J connectivity index is 0.000000317. The van der Waals surface area contributed by atoms with Crippen molar-refractivity contribution >= 4 is 52.9 Å². The summed E-state index contributed by atoms with van der Waals surface area (Å²) in [6.45, 7) is 17.3. The van der Waals surface area contributed by atoms with Crippen LogP contribution in [-0.2, 0) is 71.4 Å². The highest BCUT2D eigenvalue weighted by Gasteiger charge is 2.38. The summed E-state index contributed by atoms with van der Waals surface area (Å²) in [6, 6.07) is 31.1. The second kappa shape index (κ2) is 40.0. The quantitative estimate of drug-likeness (QED) is 0.0335. The van der Waals surface area contributed by atoms with Gasteiger partial charge in [0.2, 0.25) is 0 Å². The van der Waals surface area contributed by atoms with E-state index in [1.807, 2.05) is 66.7 Å². The Kier molecular flexibility index (Phi) is 34.0. The van der Waals surface area contributed by atoms with Gasteiger partial charge in [-0.3, -0.25) is 28.8 Å². The van der Waals surface area contributed by atoms with Gasteiger partial charge in [0.05, 0.1) is 76.0 Å². The van der Waals surface area contributed by atoms with Crippen molar-refractivity contribution in [1.29, 1.82) is 0 Å². The maximum atomic E-state index is 12.7. The number of para-hydroxylation sites is 3. The number of carbonyl (C=O) groups is 6. The predicted octanol–water partition coefficient (Wildman–Crippen LogP) is 9.30. The Morgan fingerprint density at radius 2 is 0.650 bits per heavy atom. The number of carbonyl (C=O) groups excluding carboxylic acids is 6. The molecular weight excluding hydrogens is 1030 g/mol. The normalized spacial score (nSPS) is 16.6. The Morgan fingerprint density at radius 1 is 0.375 bits per heavy atom. The Bertz CT molecular complexity index is 2170. The van der Waals surface area contributed by atoms with Crippen LogP contribution in [0.2, 0.25) is 0 Å². The predicted molar refractivity (Wildman–Crippen MR) is 308 cm³/mol. The lowest BCUT2D eigenvalue weighted by molar-refractivity contribution is -0.163. The van der Waals surface area contributed by atoms with E-state index in [2.05, 4.69) is 80.5 Å². The molecule has 3 aromatic carbocycles. The molecule has 446 valence electrons. The van der Waals surface area contributed by atoms with Crippen LogP contribution in [0.15, 0.2) is 91.0 Å². The highest BCUT2D eigenvalue weighted by atomic mass is 16.6. The van der Waals surface area contributed by atoms with Crippen LogP contribution < -0.4 is 14.7 Å². The van der Waals surface area contributed by atoms with E-state index in [9.17, 15) is 28.8 Å². The average Bonchev–Trinajstić information content (AvgIpc) is 3.46. The van der Waals surface area contributed by atoms with Gasteiger partial charge in [0.15, 0.2) is 0 Å². The van der Waals surface area contributed by atoms with Crippen molar-refractivity contribution in [2.45, 2.75) is 124 Å². The number of hydrogen-bond acceptors (Lipinski definition) is 18. The van der Waals surface area contributed by atoms with Crippen molar-refractivity contribution in [2.24, 2.45) is 23.7 Å². The summed E-state index contributed by atoms with van der Waals surface area (Å²) in [5, 5.41) is 0. The van der Waals surface area contributed by atoms with Crippen molar-refractivity contribution < 1.29 is 71.4 Å². The molecule has 3 aromatic rings. The fourth-order valence-corrected chi connectivity index (χ4v) is 9.41. The standard InChI is InChI=1S/2C22H33NO5.C18H27NO5/c1-17(2)23(18-9-5-4-6-10-18)13-14-27-21(24)19-11-7-8-12-20(19)22(25)28-16-15-26-3;1-17(2)23(20-7-5-4-6-8-20)13-14-27-21(24)18-9-11-19(12-10-18)22(25)28-16-15-26-3;1-15(2)19(16-7-5-4-6-8-16)11-12-23-17(20)9-10-18(21)24-14-13-22-3/h4-6,9-10,17,19-20H,7-8,11-16H2,1-3H3;4-8,17-19H,9-16H2,1-3H3;4-8,15H,9-14H2,1-3H3. The summed E-state index contributed by atoms with van der Waals surface area (Å²) in [5.74, 6) is -2.80. The summed E-state index contributed by atoms with van der Waals surface area (Å²) in [7, 11) is 4.66. The molecule has 2 saturated carbocycles. The zero-order valence-electron chi connectivity index (χ0n) is 49.2. The molecule has 0 N–H and O–H groups in total. The molecule has 0 aliphatic heterocycles. The lowest BCUT2D eigenvalue weighted by Crippen LogP contribution is -2.38. The summed E-state index contributed by atoms with van der Waals surface area (Å²) >= 11 is 0. The molecule has 2 aliphatic carbocycles. The van der Waals surface area contributed by atoms with Gasteiger partial charge < -0.3 is 57.3 Å². The van der Waals surface area contributed by atoms with E-state index >= 15 is 0 Å². The molecule has 5 rings (SSSR count). The number of benzene rings is 3. The van der Waals surface area contributed by atoms with Gasteiger partial charge in [0, 0.05) is 56.5 Å². The first-order valence-electron chi connectivity index (χ1n) is 28.5. The Hall–Kier alpha value is -6.24. The summed E-state index contributed by atoms with van der Waals surface area (Å²) in [4.78, 5) is 79.1. The third-order valence-electron chi connectivity index (χ3n) is 13.8. The zero-order valence-corrected chi connectivity index (χ0v) is 49.2. The van der Waals surface area contributed by atoms with Crippen molar-refractivity contribution in [1.82, 2.24) is 0 Å². The lowest BCUT2D eigenvalue weighted by Gasteiger charge is -2.30. The largest absolute Gasteiger partial charge is 0.464 e. The molecule has 0 radical (unpaired) electrons. The maximum absolute atomic E-state index is 12.7. The molecule has 18 nitrogen and oxygen atoms in total. The van der Waals surface area contributed by atoms with Gasteiger partial charge in [0.1, 0.15) is 39.6 Å². The van der Waals surface area contributed by atoms with Crippen LogP contribution in [-0.4, -0.2) is 154 Å². The Morgan fingerprint density at radius 3 is 0.975 bits per heavy atom. The van der Waals surface area contributed by atoms with Gasteiger partial charge in [0.25, 0.3) is 0 Å². The van der Waals surface area contributed by atoms with Crippen LogP contribution in [0, 0.1) is 23.7 Å². The van der Waals surface area contributed by atoms with E-state index in [0.717, 1.165) is 29.9 Å². The smallest absolute Gasteiger partial charge is 0.309 e. The summed E-state index contributed by atoms with van der Waals surface area (Å²) < 4.78 is 46.2. The number of anilines is 3. The van der Waals surface area contributed by atoms with Crippen molar-refractivity contribution in [3.8, 4) is 0 Å². The third-order valence-corrected chi connectivity index (χ3v) is 13.8. The van der Waals surface area contributed by atoms with Gasteiger partial charge in [-0.2, -0.15) is 0 Å². The molecule has 0 amide bonds. The van der Waals surface area contributed by atoms with Gasteiger partial charge in [-0.05, 0) is 116 Å². The van der Waals surface area contributed by atoms with Crippen LogP contribution >= 0.6 is 0 Å². The highest BCUT2D eigenvalue weighted by Crippen LogP contribution is 2.33. The third kappa shape index (κ3) is 26.4. The molecule has 0 bridgehead atoms. The second-order valence-corrected chi connectivity index (χ2v) is 20.5. The molecule has 18 heteroatoms. The minimum atomic E-state index is -0.419. The summed E-state index contributed by atoms with van der Waals surface area (Å²) in [6.07, 6.45) is 5.97. The SMILES string of the molecule is COCCOC(=O)C1CCC(C(=O)OCCN(c2ccccc2)C(C)C)CC1.COCCOC(=O)C1CCCCC1C(=O)OCCN(c1ccccc1)C(C)C.COCCOC(=O)CCC(=O)OCCN(c1ccccc1)C(C)C. The number of methoxy groups -OCH3 is 3. The fourth-order valence-electron chi connectivity index (χ4n) is 9.41. The first-order valence-corrected chi connectivity index (χ1v) is 28.5. The number of esters is 6. The maximum Gasteiger partial charge on any atom is 0.309 e. The van der Waals surface area contributed by atoms with Gasteiger partial charge >= 0.3 is 35.8 Å². The van der Waals surface area contributed by atoms with Crippen molar-refractivity contribution in [3.63, 3.8) is 0 Å². The molecule has 2 unspecified atom stereocenters.